The first kappa shape index (κ1) is 17.9. The molecule has 0 bridgehead atoms. The Balaban J connectivity index is 2.16. The second-order valence-electron chi connectivity index (χ2n) is 6.17. The number of aromatic amines is 1. The number of hydrogen-bond acceptors (Lipinski definition) is 2. The lowest BCUT2D eigenvalue weighted by Crippen LogP contribution is -2.19. The summed E-state index contributed by atoms with van der Waals surface area (Å²) in [7, 11) is 0. The van der Waals surface area contributed by atoms with Gasteiger partial charge in [-0.15, -0.1) is 0 Å². The number of halogens is 1. The molecule has 0 amide bonds. The highest BCUT2D eigenvalue weighted by Crippen LogP contribution is 2.21. The molecule has 1 N–H and O–H groups in total. The van der Waals surface area contributed by atoms with Gasteiger partial charge in [0.2, 0.25) is 0 Å². The average molecular weight is 351 g/mol. The second-order valence-corrected chi connectivity index (χ2v) is 6.17. The summed E-state index contributed by atoms with van der Waals surface area (Å²) in [4.78, 5) is 17.7. The maximum absolute atomic E-state index is 13.2. The van der Waals surface area contributed by atoms with E-state index in [-0.39, 0.29) is 11.4 Å². The maximum atomic E-state index is 13.2. The summed E-state index contributed by atoms with van der Waals surface area (Å²) >= 11 is 0. The van der Waals surface area contributed by atoms with E-state index in [1.54, 1.807) is 12.1 Å². The van der Waals surface area contributed by atoms with Crippen LogP contribution in [0.5, 0.6) is 0 Å². The van der Waals surface area contributed by atoms with Crippen molar-refractivity contribution in [1.29, 1.82) is 0 Å². The highest BCUT2D eigenvalue weighted by Gasteiger charge is 2.19. The molecule has 0 saturated heterocycles. The zero-order valence-corrected chi connectivity index (χ0v) is 15.0. The van der Waals surface area contributed by atoms with Crippen LogP contribution in [0.3, 0.4) is 0 Å². The Kier molecular flexibility index (Phi) is 5.46. The molecule has 4 nitrogen and oxygen atoms in total. The van der Waals surface area contributed by atoms with Gasteiger partial charge in [-0.3, -0.25) is 14.9 Å². The third-order valence-corrected chi connectivity index (χ3v) is 4.26. The lowest BCUT2D eigenvalue weighted by Gasteiger charge is -2.03. The molecule has 134 valence electrons. The van der Waals surface area contributed by atoms with E-state index in [2.05, 4.69) is 17.0 Å². The number of benzene rings is 2. The smallest absolute Gasteiger partial charge is 0.280 e. The molecule has 2 aromatic carbocycles. The van der Waals surface area contributed by atoms with Gasteiger partial charge in [-0.05, 0) is 37.6 Å². The van der Waals surface area contributed by atoms with Crippen molar-refractivity contribution in [2.24, 2.45) is 4.99 Å². The number of H-pyrrole nitrogens is 1. The minimum atomic E-state index is -0.339. The van der Waals surface area contributed by atoms with Crippen molar-refractivity contribution in [2.45, 2.75) is 26.7 Å². The first-order valence-electron chi connectivity index (χ1n) is 8.79. The van der Waals surface area contributed by atoms with Gasteiger partial charge in [-0.1, -0.05) is 43.7 Å². The molecule has 0 aliphatic carbocycles. The van der Waals surface area contributed by atoms with Gasteiger partial charge in [0.25, 0.3) is 5.56 Å². The van der Waals surface area contributed by atoms with Crippen LogP contribution >= 0.6 is 0 Å². The quantitative estimate of drug-likeness (QED) is 0.513. The molecule has 5 heteroatoms. The summed E-state index contributed by atoms with van der Waals surface area (Å²) in [5.74, 6) is -0.339. The van der Waals surface area contributed by atoms with Crippen LogP contribution < -0.4 is 5.56 Å². The van der Waals surface area contributed by atoms with E-state index >= 15 is 0 Å². The number of nitrogens with one attached hydrogen (secondary N) is 1. The van der Waals surface area contributed by atoms with Gasteiger partial charge in [-0.25, -0.2) is 9.07 Å². The standard InChI is InChI=1S/C21H22FN3O/c1-3-4-14-23-15(2)19-20(16-8-6-5-7-9-16)24-25(21(19)26)18-12-10-17(22)11-13-18/h5-13,24H,3-4,14H2,1-2H3. The number of rotatable bonds is 6. The molecule has 1 aromatic heterocycles. The summed E-state index contributed by atoms with van der Waals surface area (Å²) < 4.78 is 14.7. The van der Waals surface area contributed by atoms with Crippen LogP contribution in [0.25, 0.3) is 16.9 Å². The third kappa shape index (κ3) is 3.67. The van der Waals surface area contributed by atoms with Crippen LogP contribution in [0, 0.1) is 5.82 Å². The fraction of sp³-hybridized carbons (Fsp3) is 0.238. The van der Waals surface area contributed by atoms with Crippen LogP contribution in [0.1, 0.15) is 32.3 Å². The highest BCUT2D eigenvalue weighted by molar-refractivity contribution is 6.03. The first-order valence-corrected chi connectivity index (χ1v) is 8.79. The lowest BCUT2D eigenvalue weighted by atomic mass is 10.1. The molecule has 0 saturated carbocycles. The molecule has 3 aromatic rings. The molecular formula is C21H22FN3O. The van der Waals surface area contributed by atoms with Gasteiger partial charge >= 0.3 is 0 Å². The summed E-state index contributed by atoms with van der Waals surface area (Å²) in [6.45, 7) is 4.66. The number of hydrogen-bond donors (Lipinski definition) is 1. The van der Waals surface area contributed by atoms with E-state index in [1.807, 2.05) is 37.3 Å². The van der Waals surface area contributed by atoms with Gasteiger partial charge in [0.05, 0.1) is 16.9 Å². The highest BCUT2D eigenvalue weighted by atomic mass is 19.1. The van der Waals surface area contributed by atoms with E-state index in [4.69, 9.17) is 0 Å². The van der Waals surface area contributed by atoms with Gasteiger partial charge < -0.3 is 0 Å². The number of aliphatic imine (C=N–C) groups is 1. The normalized spacial score (nSPS) is 11.7. The van der Waals surface area contributed by atoms with E-state index in [1.165, 1.54) is 16.8 Å². The molecule has 0 aliphatic rings. The third-order valence-electron chi connectivity index (χ3n) is 4.26. The van der Waals surface area contributed by atoms with Crippen molar-refractivity contribution < 1.29 is 4.39 Å². The van der Waals surface area contributed by atoms with Crippen LogP contribution in [0.2, 0.25) is 0 Å². The first-order chi connectivity index (χ1) is 12.6. The van der Waals surface area contributed by atoms with Crippen molar-refractivity contribution >= 4 is 5.71 Å². The zero-order valence-electron chi connectivity index (χ0n) is 15.0. The Bertz CT molecular complexity index is 953. The Hall–Kier alpha value is -2.95. The molecule has 26 heavy (non-hydrogen) atoms. The van der Waals surface area contributed by atoms with Crippen molar-refractivity contribution in [2.75, 3.05) is 6.54 Å². The van der Waals surface area contributed by atoms with E-state index < -0.39 is 0 Å². The van der Waals surface area contributed by atoms with Gasteiger partial charge in [-0.2, -0.15) is 0 Å². The van der Waals surface area contributed by atoms with E-state index in [9.17, 15) is 9.18 Å². The Morgan fingerprint density at radius 3 is 2.46 bits per heavy atom. The van der Waals surface area contributed by atoms with Crippen LogP contribution in [0.4, 0.5) is 4.39 Å². The zero-order chi connectivity index (χ0) is 18.5. The fourth-order valence-electron chi connectivity index (χ4n) is 2.84. The summed E-state index contributed by atoms with van der Waals surface area (Å²) in [6, 6.07) is 15.5. The van der Waals surface area contributed by atoms with E-state index in [0.717, 1.165) is 24.1 Å². The fourth-order valence-corrected chi connectivity index (χ4v) is 2.84. The molecule has 0 atom stereocenters. The molecular weight excluding hydrogens is 329 g/mol. The minimum Gasteiger partial charge on any atom is -0.290 e. The molecule has 0 spiro atoms. The van der Waals surface area contributed by atoms with Crippen LogP contribution in [-0.4, -0.2) is 22.0 Å². The molecule has 0 aliphatic heterocycles. The predicted octanol–water partition coefficient (Wildman–Crippen LogP) is 4.58. The van der Waals surface area contributed by atoms with Crippen molar-refractivity contribution in [3.8, 4) is 16.9 Å². The van der Waals surface area contributed by atoms with Gasteiger partial charge in [0.15, 0.2) is 0 Å². The Labute approximate surface area is 152 Å². The number of nitrogens with zero attached hydrogens (tertiary/aromatic N) is 2. The molecule has 0 radical (unpaired) electrons. The SMILES string of the molecule is CCCCN=C(C)c1c(-c2ccccc2)[nH]n(-c2ccc(F)cc2)c1=O. The minimum absolute atomic E-state index is 0.187. The van der Waals surface area contributed by atoms with Crippen molar-refractivity contribution in [1.82, 2.24) is 9.78 Å². The Morgan fingerprint density at radius 1 is 1.12 bits per heavy atom. The molecule has 0 unspecified atom stereocenters. The largest absolute Gasteiger partial charge is 0.290 e. The molecule has 0 fully saturated rings. The monoisotopic (exact) mass is 351 g/mol. The van der Waals surface area contributed by atoms with Crippen LogP contribution in [-0.2, 0) is 0 Å². The topological polar surface area (TPSA) is 50.1 Å². The predicted molar refractivity (Wildman–Crippen MR) is 104 cm³/mol. The summed E-state index contributed by atoms with van der Waals surface area (Å²) in [5, 5.41) is 3.17. The van der Waals surface area contributed by atoms with Crippen molar-refractivity contribution in [3.63, 3.8) is 0 Å². The number of aromatic nitrogens is 2. The summed E-state index contributed by atoms with van der Waals surface area (Å²) in [6.07, 6.45) is 2.03. The van der Waals surface area contributed by atoms with Crippen LogP contribution in [0.15, 0.2) is 64.4 Å². The van der Waals surface area contributed by atoms with Crippen molar-refractivity contribution in [3.05, 3.63) is 76.3 Å². The Morgan fingerprint density at radius 2 is 1.81 bits per heavy atom. The summed E-state index contributed by atoms with van der Waals surface area (Å²) in [5.41, 5.74) is 3.29. The lowest BCUT2D eigenvalue weighted by molar-refractivity contribution is 0.627. The molecule has 3 rings (SSSR count). The molecule has 1 heterocycles. The second kappa shape index (κ2) is 7.95. The number of unbranched alkanes of at least 4 members (excludes halogenated alkanes) is 1. The van der Waals surface area contributed by atoms with Gasteiger partial charge in [0, 0.05) is 17.8 Å². The van der Waals surface area contributed by atoms with Gasteiger partial charge in [0.1, 0.15) is 5.82 Å². The maximum Gasteiger partial charge on any atom is 0.280 e. The van der Waals surface area contributed by atoms with E-state index in [0.29, 0.717) is 23.5 Å². The average Bonchev–Trinajstić information content (AvgIpc) is 3.00.